The predicted octanol–water partition coefficient (Wildman–Crippen LogP) is 1.57. The van der Waals surface area contributed by atoms with Crippen LogP contribution in [0.15, 0.2) is 24.0 Å². The molecule has 0 radical (unpaired) electrons. The molecule has 11 heavy (non-hydrogen) atoms. The van der Waals surface area contributed by atoms with E-state index in [2.05, 4.69) is 18.8 Å². The van der Waals surface area contributed by atoms with Gasteiger partial charge in [-0.2, -0.15) is 0 Å². The van der Waals surface area contributed by atoms with E-state index in [9.17, 15) is 0 Å². The Morgan fingerprint density at radius 2 is 2.09 bits per heavy atom. The molecule has 0 aromatic heterocycles. The number of hydrogen-bond donors (Lipinski definition) is 1. The summed E-state index contributed by atoms with van der Waals surface area (Å²) in [5.41, 5.74) is 2.13. The molecule has 1 N–H and O–H groups in total. The maximum atomic E-state index is 3.94. The molecule has 2 heteroatoms. The first-order chi connectivity index (χ1) is 5.13. The van der Waals surface area contributed by atoms with E-state index < -0.39 is 0 Å². The van der Waals surface area contributed by atoms with Gasteiger partial charge in [-0.3, -0.25) is 0 Å². The van der Waals surface area contributed by atoms with Crippen LogP contribution in [0.4, 0.5) is 0 Å². The minimum atomic E-state index is 0.937. The van der Waals surface area contributed by atoms with Crippen LogP contribution in [-0.2, 0) is 0 Å². The van der Waals surface area contributed by atoms with Crippen LogP contribution >= 0.6 is 0 Å². The van der Waals surface area contributed by atoms with Crippen molar-refractivity contribution >= 4 is 0 Å². The summed E-state index contributed by atoms with van der Waals surface area (Å²) in [7, 11) is 3.98. The fraction of sp³-hybridized carbons (Fsp3) is 0.556. The average molecular weight is 154 g/mol. The van der Waals surface area contributed by atoms with Crippen LogP contribution in [0.3, 0.4) is 0 Å². The maximum Gasteiger partial charge on any atom is 0.0528 e. The zero-order valence-electron chi connectivity index (χ0n) is 7.94. The highest BCUT2D eigenvalue weighted by Crippen LogP contribution is 2.05. The maximum absolute atomic E-state index is 3.94. The zero-order chi connectivity index (χ0) is 8.85. The SMILES string of the molecule is C=C(/C(=C\C)NCC)N(C)C. The number of nitrogens with zero attached hydrogens (tertiary/aromatic N) is 1. The van der Waals surface area contributed by atoms with Gasteiger partial charge in [-0.25, -0.2) is 0 Å². The molecule has 64 valence electrons. The van der Waals surface area contributed by atoms with Crippen molar-refractivity contribution in [3.05, 3.63) is 24.0 Å². The second-order valence-electron chi connectivity index (χ2n) is 2.57. The Hall–Kier alpha value is -0.920. The molecule has 0 aliphatic rings. The zero-order valence-corrected chi connectivity index (χ0v) is 7.94. The monoisotopic (exact) mass is 154 g/mol. The molecule has 0 saturated heterocycles. The van der Waals surface area contributed by atoms with Crippen LogP contribution < -0.4 is 5.32 Å². The number of allylic oxidation sites excluding steroid dienone is 1. The Bertz CT molecular complexity index is 157. The Kier molecular flexibility index (Phi) is 4.42. The van der Waals surface area contributed by atoms with Crippen molar-refractivity contribution in [3.8, 4) is 0 Å². The lowest BCUT2D eigenvalue weighted by molar-refractivity contribution is 0.513. The van der Waals surface area contributed by atoms with Crippen molar-refractivity contribution in [3.63, 3.8) is 0 Å². The second kappa shape index (κ2) is 4.83. The van der Waals surface area contributed by atoms with Crippen LogP contribution in [0.1, 0.15) is 13.8 Å². The molecule has 0 fully saturated rings. The van der Waals surface area contributed by atoms with Gasteiger partial charge in [0.2, 0.25) is 0 Å². The highest BCUT2D eigenvalue weighted by Gasteiger charge is 2.00. The Morgan fingerprint density at radius 1 is 1.55 bits per heavy atom. The molecule has 0 amide bonds. The highest BCUT2D eigenvalue weighted by molar-refractivity contribution is 5.23. The number of hydrogen-bond acceptors (Lipinski definition) is 2. The Morgan fingerprint density at radius 3 is 2.36 bits per heavy atom. The Balaban J connectivity index is 4.16. The molecule has 0 atom stereocenters. The number of nitrogens with one attached hydrogen (secondary N) is 1. The van der Waals surface area contributed by atoms with E-state index in [0.29, 0.717) is 0 Å². The Labute approximate surface area is 69.6 Å². The van der Waals surface area contributed by atoms with Crippen molar-refractivity contribution in [2.24, 2.45) is 0 Å². The molecule has 0 spiro atoms. The molecule has 0 rings (SSSR count). The van der Waals surface area contributed by atoms with Gasteiger partial charge in [-0.05, 0) is 13.8 Å². The van der Waals surface area contributed by atoms with Gasteiger partial charge in [0, 0.05) is 20.6 Å². The largest absolute Gasteiger partial charge is 0.384 e. The normalized spacial score (nSPS) is 11.1. The molecule has 2 nitrogen and oxygen atoms in total. The predicted molar refractivity (Wildman–Crippen MR) is 50.3 cm³/mol. The summed E-state index contributed by atoms with van der Waals surface area (Å²) in [6, 6.07) is 0. The molecule has 0 unspecified atom stereocenters. The molecule has 0 heterocycles. The summed E-state index contributed by atoms with van der Waals surface area (Å²) in [4.78, 5) is 2.00. The van der Waals surface area contributed by atoms with Gasteiger partial charge < -0.3 is 10.2 Å². The summed E-state index contributed by atoms with van der Waals surface area (Å²) >= 11 is 0. The van der Waals surface area contributed by atoms with Crippen molar-refractivity contribution in [2.45, 2.75) is 13.8 Å². The van der Waals surface area contributed by atoms with E-state index in [1.807, 2.05) is 32.0 Å². The third kappa shape index (κ3) is 3.12. The first-order valence-electron chi connectivity index (χ1n) is 3.90. The highest BCUT2D eigenvalue weighted by atomic mass is 15.1. The minimum absolute atomic E-state index is 0.937. The van der Waals surface area contributed by atoms with Gasteiger partial charge in [-0.1, -0.05) is 12.7 Å². The number of likely N-dealkylation sites (N-methyl/N-ethyl adjacent to an activating group) is 2. The van der Waals surface area contributed by atoms with Crippen LogP contribution in [0, 0.1) is 0 Å². The van der Waals surface area contributed by atoms with E-state index in [1.54, 1.807) is 0 Å². The third-order valence-corrected chi connectivity index (χ3v) is 1.51. The molecule has 0 aliphatic heterocycles. The van der Waals surface area contributed by atoms with Crippen LogP contribution in [-0.4, -0.2) is 25.5 Å². The van der Waals surface area contributed by atoms with E-state index in [1.165, 1.54) is 0 Å². The molecule has 0 aromatic rings. The van der Waals surface area contributed by atoms with Gasteiger partial charge in [-0.15, -0.1) is 0 Å². The first-order valence-corrected chi connectivity index (χ1v) is 3.90. The lowest BCUT2D eigenvalue weighted by Gasteiger charge is -2.19. The van der Waals surface area contributed by atoms with Crippen LogP contribution in [0.2, 0.25) is 0 Å². The first kappa shape index (κ1) is 10.1. The fourth-order valence-electron chi connectivity index (χ4n) is 0.802. The van der Waals surface area contributed by atoms with E-state index in [4.69, 9.17) is 0 Å². The smallest absolute Gasteiger partial charge is 0.0528 e. The third-order valence-electron chi connectivity index (χ3n) is 1.51. The van der Waals surface area contributed by atoms with Crippen molar-refractivity contribution in [1.82, 2.24) is 10.2 Å². The topological polar surface area (TPSA) is 15.3 Å². The molecule has 0 aromatic carbocycles. The summed E-state index contributed by atoms with van der Waals surface area (Å²) in [6.07, 6.45) is 2.03. The van der Waals surface area contributed by atoms with Crippen LogP contribution in [0.25, 0.3) is 0 Å². The lowest BCUT2D eigenvalue weighted by atomic mass is 10.3. The molecular weight excluding hydrogens is 136 g/mol. The summed E-state index contributed by atoms with van der Waals surface area (Å²) in [5.74, 6) is 0. The average Bonchev–Trinajstić information content (AvgIpc) is 1.98. The second-order valence-corrected chi connectivity index (χ2v) is 2.57. The quantitative estimate of drug-likeness (QED) is 0.618. The van der Waals surface area contributed by atoms with E-state index in [0.717, 1.165) is 17.9 Å². The molecule has 0 saturated carbocycles. The van der Waals surface area contributed by atoms with Gasteiger partial charge in [0.05, 0.1) is 11.4 Å². The van der Waals surface area contributed by atoms with Gasteiger partial charge >= 0.3 is 0 Å². The van der Waals surface area contributed by atoms with Crippen LogP contribution in [0.5, 0.6) is 0 Å². The minimum Gasteiger partial charge on any atom is -0.384 e. The summed E-state index contributed by atoms with van der Waals surface area (Å²) < 4.78 is 0. The summed E-state index contributed by atoms with van der Waals surface area (Å²) in [5, 5.41) is 3.23. The van der Waals surface area contributed by atoms with Gasteiger partial charge in [0.25, 0.3) is 0 Å². The van der Waals surface area contributed by atoms with Crippen molar-refractivity contribution < 1.29 is 0 Å². The van der Waals surface area contributed by atoms with Crippen molar-refractivity contribution in [1.29, 1.82) is 0 Å². The molecule has 0 bridgehead atoms. The van der Waals surface area contributed by atoms with E-state index >= 15 is 0 Å². The molecule has 0 aliphatic carbocycles. The summed E-state index contributed by atoms with van der Waals surface area (Å²) in [6.45, 7) is 8.96. The van der Waals surface area contributed by atoms with Gasteiger partial charge in [0.15, 0.2) is 0 Å². The van der Waals surface area contributed by atoms with Crippen molar-refractivity contribution in [2.75, 3.05) is 20.6 Å². The van der Waals surface area contributed by atoms with E-state index in [-0.39, 0.29) is 0 Å². The molecular formula is C9H18N2. The lowest BCUT2D eigenvalue weighted by Crippen LogP contribution is -2.21. The number of rotatable bonds is 4. The van der Waals surface area contributed by atoms with Gasteiger partial charge in [0.1, 0.15) is 0 Å². The standard InChI is InChI=1S/C9H18N2/c1-6-9(10-7-2)8(3)11(4)5/h6,10H,3,7H2,1-2,4-5H3/b9-6+. The fourth-order valence-corrected chi connectivity index (χ4v) is 0.802.